The SMILES string of the molecule is Cc1ncc(C(N)CCC(C)C)nn1. The molecule has 0 aliphatic rings. The van der Waals surface area contributed by atoms with Crippen LogP contribution in [0.1, 0.15) is 44.2 Å². The summed E-state index contributed by atoms with van der Waals surface area (Å²) in [5.74, 6) is 1.36. The summed E-state index contributed by atoms with van der Waals surface area (Å²) in [6.45, 7) is 6.19. The fourth-order valence-corrected chi connectivity index (χ4v) is 1.17. The first kappa shape index (κ1) is 11.0. The molecule has 0 saturated heterocycles. The van der Waals surface area contributed by atoms with Gasteiger partial charge in [0.2, 0.25) is 0 Å². The van der Waals surface area contributed by atoms with Crippen LogP contribution in [-0.2, 0) is 0 Å². The number of nitrogens with two attached hydrogens (primary N) is 1. The molecule has 0 aliphatic carbocycles. The van der Waals surface area contributed by atoms with Crippen molar-refractivity contribution in [3.8, 4) is 0 Å². The van der Waals surface area contributed by atoms with Crippen LogP contribution in [-0.4, -0.2) is 15.2 Å². The number of aryl methyl sites for hydroxylation is 1. The number of hydrogen-bond donors (Lipinski definition) is 1. The predicted octanol–water partition coefficient (Wildman–Crippen LogP) is 1.62. The van der Waals surface area contributed by atoms with E-state index in [2.05, 4.69) is 29.0 Å². The van der Waals surface area contributed by atoms with Crippen molar-refractivity contribution in [3.63, 3.8) is 0 Å². The van der Waals surface area contributed by atoms with Gasteiger partial charge in [0.15, 0.2) is 0 Å². The Hall–Kier alpha value is -1.03. The average Bonchev–Trinajstić information content (AvgIpc) is 2.15. The molecule has 1 aromatic rings. The highest BCUT2D eigenvalue weighted by atomic mass is 15.2. The van der Waals surface area contributed by atoms with Gasteiger partial charge < -0.3 is 5.73 Å². The van der Waals surface area contributed by atoms with Crippen LogP contribution in [0.4, 0.5) is 0 Å². The summed E-state index contributed by atoms with van der Waals surface area (Å²) in [7, 11) is 0. The normalized spacial score (nSPS) is 13.2. The molecule has 1 atom stereocenters. The topological polar surface area (TPSA) is 64.7 Å². The van der Waals surface area contributed by atoms with Crippen LogP contribution in [0.15, 0.2) is 6.20 Å². The van der Waals surface area contributed by atoms with Crippen molar-refractivity contribution in [2.75, 3.05) is 0 Å². The average molecular weight is 194 g/mol. The second-order valence-electron chi connectivity index (χ2n) is 4.01. The molecule has 78 valence electrons. The van der Waals surface area contributed by atoms with Gasteiger partial charge in [0.25, 0.3) is 0 Å². The lowest BCUT2D eigenvalue weighted by Crippen LogP contribution is -2.14. The first-order valence-electron chi connectivity index (χ1n) is 5.01. The van der Waals surface area contributed by atoms with Crippen molar-refractivity contribution in [1.82, 2.24) is 15.2 Å². The summed E-state index contributed by atoms with van der Waals surface area (Å²) in [6, 6.07) is -0.0296. The predicted molar refractivity (Wildman–Crippen MR) is 55.6 cm³/mol. The Morgan fingerprint density at radius 3 is 2.50 bits per heavy atom. The molecule has 0 aromatic carbocycles. The van der Waals surface area contributed by atoms with Crippen molar-refractivity contribution < 1.29 is 0 Å². The fraction of sp³-hybridized carbons (Fsp3) is 0.700. The molecular formula is C10H18N4. The third-order valence-electron chi connectivity index (χ3n) is 2.13. The molecule has 2 N–H and O–H groups in total. The van der Waals surface area contributed by atoms with Gasteiger partial charge in [-0.2, -0.15) is 5.10 Å². The van der Waals surface area contributed by atoms with Gasteiger partial charge in [-0.05, 0) is 25.7 Å². The van der Waals surface area contributed by atoms with E-state index in [-0.39, 0.29) is 6.04 Å². The molecule has 1 unspecified atom stereocenters. The quantitative estimate of drug-likeness (QED) is 0.791. The van der Waals surface area contributed by atoms with Gasteiger partial charge in [0, 0.05) is 0 Å². The molecule has 0 spiro atoms. The van der Waals surface area contributed by atoms with Gasteiger partial charge >= 0.3 is 0 Å². The number of hydrogen-bond acceptors (Lipinski definition) is 4. The van der Waals surface area contributed by atoms with Gasteiger partial charge in [-0.15, -0.1) is 5.10 Å². The molecule has 1 rings (SSSR count). The zero-order valence-corrected chi connectivity index (χ0v) is 9.07. The number of aromatic nitrogens is 3. The maximum absolute atomic E-state index is 5.95. The molecular weight excluding hydrogens is 176 g/mol. The molecule has 0 aliphatic heterocycles. The highest BCUT2D eigenvalue weighted by molar-refractivity contribution is 4.99. The summed E-state index contributed by atoms with van der Waals surface area (Å²) >= 11 is 0. The van der Waals surface area contributed by atoms with Crippen molar-refractivity contribution in [2.45, 2.75) is 39.7 Å². The van der Waals surface area contributed by atoms with Gasteiger partial charge in [-0.3, -0.25) is 0 Å². The smallest absolute Gasteiger partial charge is 0.147 e. The first-order chi connectivity index (χ1) is 6.59. The first-order valence-corrected chi connectivity index (χ1v) is 5.01. The van der Waals surface area contributed by atoms with Crippen LogP contribution in [0, 0.1) is 12.8 Å². The van der Waals surface area contributed by atoms with Crippen molar-refractivity contribution >= 4 is 0 Å². The summed E-state index contributed by atoms with van der Waals surface area (Å²) in [6.07, 6.45) is 3.77. The zero-order valence-electron chi connectivity index (χ0n) is 9.07. The standard InChI is InChI=1S/C10H18N4/c1-7(2)4-5-9(11)10-6-12-8(3)13-14-10/h6-7,9H,4-5,11H2,1-3H3. The van der Waals surface area contributed by atoms with E-state index in [1.807, 2.05) is 6.92 Å². The summed E-state index contributed by atoms with van der Waals surface area (Å²) in [4.78, 5) is 4.07. The van der Waals surface area contributed by atoms with Crippen LogP contribution in [0.5, 0.6) is 0 Å². The molecule has 1 aromatic heterocycles. The van der Waals surface area contributed by atoms with Crippen LogP contribution < -0.4 is 5.73 Å². The van der Waals surface area contributed by atoms with Crippen molar-refractivity contribution in [1.29, 1.82) is 0 Å². The molecule has 0 saturated carbocycles. The second-order valence-corrected chi connectivity index (χ2v) is 4.01. The Morgan fingerprint density at radius 1 is 1.29 bits per heavy atom. The lowest BCUT2D eigenvalue weighted by Gasteiger charge is -2.11. The molecule has 0 bridgehead atoms. The molecule has 4 heteroatoms. The van der Waals surface area contributed by atoms with Gasteiger partial charge in [0.05, 0.1) is 17.9 Å². The van der Waals surface area contributed by atoms with E-state index < -0.39 is 0 Å². The van der Waals surface area contributed by atoms with E-state index in [1.54, 1.807) is 6.20 Å². The highest BCUT2D eigenvalue weighted by Gasteiger charge is 2.09. The maximum Gasteiger partial charge on any atom is 0.147 e. The third-order valence-corrected chi connectivity index (χ3v) is 2.13. The molecule has 0 fully saturated rings. The molecule has 0 radical (unpaired) electrons. The van der Waals surface area contributed by atoms with E-state index in [0.29, 0.717) is 11.7 Å². The second kappa shape index (κ2) is 5.00. The monoisotopic (exact) mass is 194 g/mol. The lowest BCUT2D eigenvalue weighted by molar-refractivity contribution is 0.497. The highest BCUT2D eigenvalue weighted by Crippen LogP contribution is 2.15. The van der Waals surface area contributed by atoms with Crippen molar-refractivity contribution in [2.24, 2.45) is 11.7 Å². The molecule has 4 nitrogen and oxygen atoms in total. The Bertz CT molecular complexity index is 268. The Balaban J connectivity index is 2.52. The Morgan fingerprint density at radius 2 is 2.00 bits per heavy atom. The molecule has 0 amide bonds. The van der Waals surface area contributed by atoms with Gasteiger partial charge in [-0.1, -0.05) is 13.8 Å². The fourth-order valence-electron chi connectivity index (χ4n) is 1.17. The van der Waals surface area contributed by atoms with Crippen LogP contribution in [0.3, 0.4) is 0 Å². The van der Waals surface area contributed by atoms with Gasteiger partial charge in [-0.25, -0.2) is 4.98 Å². The Kier molecular flexibility index (Phi) is 3.95. The van der Waals surface area contributed by atoms with E-state index in [0.717, 1.165) is 18.5 Å². The third kappa shape index (κ3) is 3.38. The summed E-state index contributed by atoms with van der Waals surface area (Å²) in [5, 5.41) is 7.90. The number of nitrogens with zero attached hydrogens (tertiary/aromatic N) is 3. The van der Waals surface area contributed by atoms with E-state index in [1.165, 1.54) is 0 Å². The number of rotatable bonds is 4. The van der Waals surface area contributed by atoms with Crippen LogP contribution >= 0.6 is 0 Å². The lowest BCUT2D eigenvalue weighted by atomic mass is 10.0. The zero-order chi connectivity index (χ0) is 10.6. The molecule has 1 heterocycles. The summed E-state index contributed by atoms with van der Waals surface area (Å²) < 4.78 is 0. The van der Waals surface area contributed by atoms with E-state index in [9.17, 15) is 0 Å². The van der Waals surface area contributed by atoms with E-state index >= 15 is 0 Å². The maximum atomic E-state index is 5.95. The summed E-state index contributed by atoms with van der Waals surface area (Å²) in [5.41, 5.74) is 6.74. The molecule has 14 heavy (non-hydrogen) atoms. The van der Waals surface area contributed by atoms with E-state index in [4.69, 9.17) is 5.73 Å². The van der Waals surface area contributed by atoms with Crippen LogP contribution in [0.25, 0.3) is 0 Å². The minimum absolute atomic E-state index is 0.0296. The van der Waals surface area contributed by atoms with Crippen molar-refractivity contribution in [3.05, 3.63) is 17.7 Å². The minimum Gasteiger partial charge on any atom is -0.323 e. The largest absolute Gasteiger partial charge is 0.323 e. The van der Waals surface area contributed by atoms with Gasteiger partial charge in [0.1, 0.15) is 5.82 Å². The van der Waals surface area contributed by atoms with Crippen LogP contribution in [0.2, 0.25) is 0 Å². The Labute approximate surface area is 85.0 Å². The minimum atomic E-state index is -0.0296.